The molecule has 2 fully saturated rings. The summed E-state index contributed by atoms with van der Waals surface area (Å²) in [6.45, 7) is 4.52. The average molecular weight is 605 g/mol. The Kier molecular flexibility index (Phi) is 8.50. The van der Waals surface area contributed by atoms with Crippen LogP contribution in [0.25, 0.3) is 20.8 Å². The molecular weight excluding hydrogens is 571 g/mol. The number of hydrogen-bond donors (Lipinski definition) is 3. The summed E-state index contributed by atoms with van der Waals surface area (Å²) < 4.78 is 21.5. The van der Waals surface area contributed by atoms with Crippen LogP contribution < -0.4 is 15.4 Å². The largest absolute Gasteiger partial charge is 0.486 e. The van der Waals surface area contributed by atoms with Crippen LogP contribution in [0.3, 0.4) is 0 Å². The number of rotatable bonds is 9. The first kappa shape index (κ1) is 29.0. The average Bonchev–Trinajstić information content (AvgIpc) is 3.70. The highest BCUT2D eigenvalue weighted by molar-refractivity contribution is 7.22. The summed E-state index contributed by atoms with van der Waals surface area (Å²) in [6, 6.07) is 12.2. The number of halogens is 1. The summed E-state index contributed by atoms with van der Waals surface area (Å²) in [5, 5.41) is 14.6. The molecule has 1 saturated heterocycles. The molecule has 224 valence electrons. The number of fused-ring (bicyclic) bond motifs is 1. The summed E-state index contributed by atoms with van der Waals surface area (Å²) in [5.41, 5.74) is 3.99. The first-order chi connectivity index (χ1) is 20.9. The van der Waals surface area contributed by atoms with Gasteiger partial charge in [-0.3, -0.25) is 19.7 Å². The number of benzene rings is 1. The van der Waals surface area contributed by atoms with Crippen molar-refractivity contribution in [1.29, 1.82) is 0 Å². The maximum atomic E-state index is 14.7. The van der Waals surface area contributed by atoms with E-state index in [1.165, 1.54) is 12.1 Å². The van der Waals surface area contributed by atoms with Gasteiger partial charge in [-0.2, -0.15) is 0 Å². The lowest BCUT2D eigenvalue weighted by Crippen LogP contribution is -2.54. The highest BCUT2D eigenvalue weighted by Gasteiger charge is 2.27. The number of nitrogens with one attached hydrogen (secondary N) is 2. The lowest BCUT2D eigenvalue weighted by atomic mass is 10.1. The Bertz CT molecular complexity index is 1630. The van der Waals surface area contributed by atoms with Crippen LogP contribution in [-0.2, 0) is 17.9 Å². The molecule has 0 spiro atoms. The number of amides is 3. The third-order valence-electron chi connectivity index (χ3n) is 7.63. The predicted molar refractivity (Wildman–Crippen MR) is 162 cm³/mol. The molecule has 3 amide bonds. The van der Waals surface area contributed by atoms with Gasteiger partial charge in [0.25, 0.3) is 0 Å². The van der Waals surface area contributed by atoms with E-state index in [1.807, 2.05) is 31.3 Å². The van der Waals surface area contributed by atoms with Gasteiger partial charge in [-0.15, -0.1) is 11.3 Å². The Hall–Kier alpha value is -4.13. The van der Waals surface area contributed by atoms with Crippen molar-refractivity contribution in [2.45, 2.75) is 45.0 Å². The number of ether oxygens (including phenoxy) is 1. The zero-order valence-corrected chi connectivity index (χ0v) is 24.6. The van der Waals surface area contributed by atoms with E-state index in [4.69, 9.17) is 9.72 Å². The van der Waals surface area contributed by atoms with Gasteiger partial charge in [0, 0.05) is 68.0 Å². The Morgan fingerprint density at radius 1 is 1.14 bits per heavy atom. The van der Waals surface area contributed by atoms with Crippen LogP contribution in [0.4, 0.5) is 14.9 Å². The monoisotopic (exact) mass is 604 g/mol. The second kappa shape index (κ2) is 12.6. The molecule has 1 aliphatic carbocycles. The van der Waals surface area contributed by atoms with Crippen molar-refractivity contribution < 1.29 is 23.8 Å². The fourth-order valence-corrected chi connectivity index (χ4v) is 6.31. The molecule has 1 aromatic carbocycles. The third-order valence-corrected chi connectivity index (χ3v) is 8.85. The van der Waals surface area contributed by atoms with E-state index in [9.17, 15) is 19.1 Å². The van der Waals surface area contributed by atoms with Gasteiger partial charge >= 0.3 is 6.03 Å². The molecule has 12 heteroatoms. The number of piperazine rings is 1. The lowest BCUT2D eigenvalue weighted by Gasteiger charge is -2.39. The third kappa shape index (κ3) is 6.93. The van der Waals surface area contributed by atoms with E-state index in [1.54, 1.807) is 28.5 Å². The molecule has 3 aromatic heterocycles. The molecule has 10 nitrogen and oxygen atoms in total. The van der Waals surface area contributed by atoms with Crippen molar-refractivity contribution in [2.75, 3.05) is 31.6 Å². The fourth-order valence-electron chi connectivity index (χ4n) is 5.22. The van der Waals surface area contributed by atoms with Crippen LogP contribution in [0.5, 0.6) is 5.75 Å². The minimum Gasteiger partial charge on any atom is -0.486 e. The first-order valence-corrected chi connectivity index (χ1v) is 15.1. The second-order valence-electron chi connectivity index (χ2n) is 11.0. The highest BCUT2D eigenvalue weighted by Crippen LogP contribution is 2.34. The number of aliphatic hydroxyl groups excluding tert-OH is 1. The number of nitrogens with zero attached hydrogens (tertiary/aromatic N) is 4. The molecule has 43 heavy (non-hydrogen) atoms. The van der Waals surface area contributed by atoms with Crippen LogP contribution in [0.2, 0.25) is 0 Å². The Labute approximate surface area is 252 Å². The van der Waals surface area contributed by atoms with Crippen LogP contribution in [-0.4, -0.2) is 75.1 Å². The van der Waals surface area contributed by atoms with E-state index >= 15 is 0 Å². The van der Waals surface area contributed by atoms with Gasteiger partial charge in [0.15, 0.2) is 11.6 Å². The number of carbonyl (C=O) groups is 2. The molecule has 4 heterocycles. The highest BCUT2D eigenvalue weighted by atomic mass is 32.1. The van der Waals surface area contributed by atoms with E-state index in [-0.39, 0.29) is 36.4 Å². The van der Waals surface area contributed by atoms with E-state index < -0.39 is 12.4 Å². The summed E-state index contributed by atoms with van der Waals surface area (Å²) in [6.07, 6.45) is 5.54. The number of aliphatic hydroxyl groups is 1. The summed E-state index contributed by atoms with van der Waals surface area (Å²) in [7, 11) is 0. The zero-order valence-electron chi connectivity index (χ0n) is 23.8. The standard InChI is InChI=1S/C31H33FN6O4S/c1-19-15-37(10-11-38(19)29(40)17-39)16-20-2-6-25(34-14-20)28-13-26-30(43-28)21(8-9-33-26)18-42-27-7-5-23(12-24(27)32)36-31(41)35-22-3-4-22/h2,5-9,12-14,19,22,39H,3-4,10-11,15-18H2,1H3,(H2,35,36,41). The molecule has 2 aliphatic rings. The van der Waals surface area contributed by atoms with Crippen LogP contribution in [0, 0.1) is 5.82 Å². The number of thiophene rings is 1. The maximum Gasteiger partial charge on any atom is 0.319 e. The van der Waals surface area contributed by atoms with E-state index in [0.717, 1.165) is 64.4 Å². The van der Waals surface area contributed by atoms with Gasteiger partial charge in [-0.05, 0) is 55.7 Å². The minimum absolute atomic E-state index is 0.0440. The van der Waals surface area contributed by atoms with Crippen molar-refractivity contribution >= 4 is 39.2 Å². The number of aromatic nitrogens is 2. The molecule has 3 N–H and O–H groups in total. The van der Waals surface area contributed by atoms with Crippen LogP contribution in [0.15, 0.2) is 54.9 Å². The molecule has 0 radical (unpaired) electrons. The van der Waals surface area contributed by atoms with Crippen LogP contribution >= 0.6 is 11.3 Å². The van der Waals surface area contributed by atoms with Gasteiger partial charge in [0.05, 0.1) is 20.8 Å². The quantitative estimate of drug-likeness (QED) is 0.259. The van der Waals surface area contributed by atoms with Crippen molar-refractivity contribution in [1.82, 2.24) is 25.1 Å². The van der Waals surface area contributed by atoms with Gasteiger partial charge in [-0.1, -0.05) is 6.07 Å². The molecule has 1 aliphatic heterocycles. The van der Waals surface area contributed by atoms with Gasteiger partial charge < -0.3 is 25.4 Å². The summed E-state index contributed by atoms with van der Waals surface area (Å²) >= 11 is 1.56. The van der Waals surface area contributed by atoms with E-state index in [0.29, 0.717) is 12.2 Å². The normalized spacial score (nSPS) is 17.2. The number of pyridine rings is 2. The molecule has 4 aromatic rings. The molecule has 1 unspecified atom stereocenters. The Morgan fingerprint density at radius 2 is 2.00 bits per heavy atom. The van der Waals surface area contributed by atoms with E-state index in [2.05, 4.69) is 26.6 Å². The molecule has 0 bridgehead atoms. The molecule has 1 saturated carbocycles. The molecule has 1 atom stereocenters. The van der Waals surface area contributed by atoms with Crippen LogP contribution in [0.1, 0.15) is 30.9 Å². The van der Waals surface area contributed by atoms with Crippen molar-refractivity contribution in [3.8, 4) is 16.3 Å². The Morgan fingerprint density at radius 3 is 2.72 bits per heavy atom. The number of urea groups is 1. The maximum absolute atomic E-state index is 14.7. The molecule has 6 rings (SSSR count). The van der Waals surface area contributed by atoms with Crippen molar-refractivity contribution in [3.63, 3.8) is 0 Å². The first-order valence-electron chi connectivity index (χ1n) is 14.3. The summed E-state index contributed by atoms with van der Waals surface area (Å²) in [4.78, 5) is 38.0. The van der Waals surface area contributed by atoms with Crippen molar-refractivity contribution in [3.05, 3.63) is 71.8 Å². The minimum atomic E-state index is -0.555. The second-order valence-corrected chi connectivity index (χ2v) is 12.0. The fraction of sp³-hybridized carbons (Fsp3) is 0.355. The molecular formula is C31H33FN6O4S. The van der Waals surface area contributed by atoms with Gasteiger partial charge in [0.2, 0.25) is 5.91 Å². The number of hydrogen-bond acceptors (Lipinski definition) is 8. The zero-order chi connectivity index (χ0) is 29.9. The van der Waals surface area contributed by atoms with Crippen molar-refractivity contribution in [2.24, 2.45) is 0 Å². The lowest BCUT2D eigenvalue weighted by molar-refractivity contribution is -0.138. The van der Waals surface area contributed by atoms with Gasteiger partial charge in [0.1, 0.15) is 13.2 Å². The Balaban J connectivity index is 1.08. The number of carbonyl (C=O) groups excluding carboxylic acids is 2. The SMILES string of the molecule is CC1CN(Cc2ccc(-c3cc4nccc(COc5ccc(NC(=O)NC6CC6)cc5F)c4s3)nc2)CCN1C(=O)CO. The predicted octanol–water partition coefficient (Wildman–Crippen LogP) is 4.39. The summed E-state index contributed by atoms with van der Waals surface area (Å²) in [5.74, 6) is -0.681. The van der Waals surface area contributed by atoms with Gasteiger partial charge in [-0.25, -0.2) is 9.18 Å². The number of anilines is 1. The topological polar surface area (TPSA) is 120 Å². The smallest absolute Gasteiger partial charge is 0.319 e.